The van der Waals surface area contributed by atoms with Crippen molar-refractivity contribution in [3.63, 3.8) is 0 Å². The number of aromatic nitrogens is 1. The fourth-order valence-corrected chi connectivity index (χ4v) is 1.92. The van der Waals surface area contributed by atoms with Gasteiger partial charge in [0.2, 0.25) is 0 Å². The molecule has 0 fully saturated rings. The number of halogens is 2. The average Bonchev–Trinajstić information content (AvgIpc) is 2.26. The highest BCUT2D eigenvalue weighted by Crippen LogP contribution is 2.18. The van der Waals surface area contributed by atoms with Crippen LogP contribution in [0.15, 0.2) is 36.7 Å². The summed E-state index contributed by atoms with van der Waals surface area (Å²) < 4.78 is 0. The van der Waals surface area contributed by atoms with Crippen LogP contribution in [0, 0.1) is 0 Å². The molecule has 0 amide bonds. The molecule has 0 aliphatic carbocycles. The fourth-order valence-electron chi connectivity index (χ4n) is 1.64. The molecule has 2 aromatic rings. The molecule has 1 heterocycles. The maximum atomic E-state index is 4.25. The van der Waals surface area contributed by atoms with Crippen LogP contribution in [0.1, 0.15) is 12.0 Å². The van der Waals surface area contributed by atoms with E-state index in [9.17, 15) is 0 Å². The van der Waals surface area contributed by atoms with E-state index in [0.717, 1.165) is 18.2 Å². The molecule has 80 valence electrons. The largest absolute Gasteiger partial charge is 0.264 e. The van der Waals surface area contributed by atoms with Crippen LogP contribution >= 0.6 is 32.9 Å². The molecule has 0 saturated heterocycles. The van der Waals surface area contributed by atoms with Crippen molar-refractivity contribution in [3.05, 3.63) is 42.2 Å². The van der Waals surface area contributed by atoms with Crippen LogP contribution in [0.4, 0.5) is 0 Å². The van der Waals surface area contributed by atoms with Crippen molar-refractivity contribution in [2.45, 2.75) is 12.8 Å². The number of rotatable bonds is 3. The minimum Gasteiger partial charge on any atom is -0.264 e. The van der Waals surface area contributed by atoms with Gasteiger partial charge in [-0.25, -0.2) is 0 Å². The summed E-state index contributed by atoms with van der Waals surface area (Å²) in [7, 11) is 0. The molecule has 0 aliphatic rings. The Balaban J connectivity index is 0.00000112. The van der Waals surface area contributed by atoms with Crippen LogP contribution in [-0.2, 0) is 6.42 Å². The van der Waals surface area contributed by atoms with Crippen molar-refractivity contribution in [3.8, 4) is 0 Å². The van der Waals surface area contributed by atoms with Crippen LogP contribution in [0.3, 0.4) is 0 Å². The monoisotopic (exact) mass is 329 g/mol. The van der Waals surface area contributed by atoms with Gasteiger partial charge in [-0.05, 0) is 23.8 Å². The molecular weight excluding hydrogens is 318 g/mol. The zero-order valence-electron chi connectivity index (χ0n) is 8.32. The second-order valence-electron chi connectivity index (χ2n) is 3.31. The van der Waals surface area contributed by atoms with Crippen LogP contribution in [-0.4, -0.2) is 10.3 Å². The Morgan fingerprint density at radius 2 is 1.93 bits per heavy atom. The number of pyridine rings is 1. The molecule has 0 atom stereocenters. The van der Waals surface area contributed by atoms with Gasteiger partial charge in [-0.15, -0.1) is 17.0 Å². The van der Waals surface area contributed by atoms with E-state index in [1.54, 1.807) is 0 Å². The third-order valence-corrected chi connectivity index (χ3v) is 2.89. The molecule has 1 aromatic heterocycles. The first-order valence-electron chi connectivity index (χ1n) is 4.79. The van der Waals surface area contributed by atoms with Crippen molar-refractivity contribution < 1.29 is 0 Å². The van der Waals surface area contributed by atoms with Gasteiger partial charge in [-0.1, -0.05) is 40.2 Å². The first kappa shape index (κ1) is 12.7. The molecule has 3 heteroatoms. The van der Waals surface area contributed by atoms with Crippen molar-refractivity contribution in [2.24, 2.45) is 0 Å². The minimum atomic E-state index is 0. The first-order chi connectivity index (χ1) is 6.92. The molecule has 0 radical (unpaired) electrons. The van der Waals surface area contributed by atoms with E-state index >= 15 is 0 Å². The Morgan fingerprint density at radius 1 is 1.13 bits per heavy atom. The number of benzene rings is 1. The predicted octanol–water partition coefficient (Wildman–Crippen LogP) is 4.14. The zero-order valence-corrected chi connectivity index (χ0v) is 11.6. The van der Waals surface area contributed by atoms with E-state index in [1.165, 1.54) is 16.3 Å². The number of fused-ring (bicyclic) bond motifs is 1. The van der Waals surface area contributed by atoms with Gasteiger partial charge in [0.25, 0.3) is 0 Å². The average molecular weight is 331 g/mol. The van der Waals surface area contributed by atoms with Crippen LogP contribution in [0.5, 0.6) is 0 Å². The topological polar surface area (TPSA) is 12.9 Å². The third-order valence-electron chi connectivity index (χ3n) is 2.33. The summed E-state index contributed by atoms with van der Waals surface area (Å²) in [6.45, 7) is 0. The molecule has 0 bridgehead atoms. The third kappa shape index (κ3) is 3.02. The molecule has 0 spiro atoms. The highest BCUT2D eigenvalue weighted by atomic mass is 79.9. The van der Waals surface area contributed by atoms with Gasteiger partial charge in [-0.3, -0.25) is 4.98 Å². The van der Waals surface area contributed by atoms with Crippen LogP contribution in [0.2, 0.25) is 0 Å². The lowest BCUT2D eigenvalue weighted by Gasteiger charge is -2.03. The molecule has 0 unspecified atom stereocenters. The second kappa shape index (κ2) is 6.23. The van der Waals surface area contributed by atoms with Crippen LogP contribution < -0.4 is 0 Å². The first-order valence-corrected chi connectivity index (χ1v) is 5.91. The quantitative estimate of drug-likeness (QED) is 0.771. The smallest absolute Gasteiger partial charge is 0.0346 e. The van der Waals surface area contributed by atoms with Gasteiger partial charge in [0.1, 0.15) is 0 Å². The molecule has 0 aliphatic heterocycles. The lowest BCUT2D eigenvalue weighted by Crippen LogP contribution is -1.89. The fraction of sp³-hybridized carbons (Fsp3) is 0.250. The Hall–Kier alpha value is -0.410. The number of alkyl halides is 1. The highest BCUT2D eigenvalue weighted by molar-refractivity contribution is 9.09. The molecule has 1 aromatic carbocycles. The van der Waals surface area contributed by atoms with E-state index in [4.69, 9.17) is 0 Å². The van der Waals surface area contributed by atoms with Gasteiger partial charge in [0, 0.05) is 23.1 Å². The summed E-state index contributed by atoms with van der Waals surface area (Å²) in [6, 6.07) is 8.42. The Morgan fingerprint density at radius 3 is 2.73 bits per heavy atom. The van der Waals surface area contributed by atoms with Crippen molar-refractivity contribution >= 4 is 43.7 Å². The standard InChI is InChI=1S/C12H12BrN.BrH/c13-7-3-5-11-9-14-8-10-4-1-2-6-12(10)11;/h1-2,4,6,8-9H,3,5,7H2;1H. The van der Waals surface area contributed by atoms with Gasteiger partial charge >= 0.3 is 0 Å². The summed E-state index contributed by atoms with van der Waals surface area (Å²) in [5.74, 6) is 0. The lowest BCUT2D eigenvalue weighted by molar-refractivity contribution is 0.940. The van der Waals surface area contributed by atoms with Gasteiger partial charge in [0.05, 0.1) is 0 Å². The predicted molar refractivity (Wildman–Crippen MR) is 74.2 cm³/mol. The summed E-state index contributed by atoms with van der Waals surface area (Å²) in [5, 5.41) is 3.62. The number of nitrogens with zero attached hydrogens (tertiary/aromatic N) is 1. The normalized spacial score (nSPS) is 9.93. The Kier molecular flexibility index (Phi) is 5.26. The summed E-state index contributed by atoms with van der Waals surface area (Å²) in [6.07, 6.45) is 6.16. The molecule has 1 nitrogen and oxygen atoms in total. The SMILES string of the molecule is Br.BrCCCc1cncc2ccccc12. The molecule has 0 saturated carbocycles. The van der Waals surface area contributed by atoms with E-state index in [2.05, 4.69) is 45.2 Å². The van der Waals surface area contributed by atoms with E-state index < -0.39 is 0 Å². The number of aryl methyl sites for hydroxylation is 1. The van der Waals surface area contributed by atoms with E-state index in [0.29, 0.717) is 0 Å². The summed E-state index contributed by atoms with van der Waals surface area (Å²) in [5.41, 5.74) is 1.35. The zero-order chi connectivity index (χ0) is 9.80. The Bertz CT molecular complexity index is 423. The lowest BCUT2D eigenvalue weighted by atomic mass is 10.0. The van der Waals surface area contributed by atoms with E-state index in [-0.39, 0.29) is 17.0 Å². The van der Waals surface area contributed by atoms with E-state index in [1.807, 2.05) is 12.4 Å². The van der Waals surface area contributed by atoms with Gasteiger partial charge in [-0.2, -0.15) is 0 Å². The van der Waals surface area contributed by atoms with Gasteiger partial charge < -0.3 is 0 Å². The maximum absolute atomic E-state index is 4.25. The minimum absolute atomic E-state index is 0. The molecule has 2 rings (SSSR count). The van der Waals surface area contributed by atoms with Crippen molar-refractivity contribution in [2.75, 3.05) is 5.33 Å². The van der Waals surface area contributed by atoms with Crippen molar-refractivity contribution in [1.29, 1.82) is 0 Å². The second-order valence-corrected chi connectivity index (χ2v) is 4.11. The maximum Gasteiger partial charge on any atom is 0.0346 e. The molecular formula is C12H13Br2N. The number of hydrogen-bond donors (Lipinski definition) is 0. The molecule has 15 heavy (non-hydrogen) atoms. The number of hydrogen-bond acceptors (Lipinski definition) is 1. The van der Waals surface area contributed by atoms with Crippen molar-refractivity contribution in [1.82, 2.24) is 4.98 Å². The summed E-state index contributed by atoms with van der Waals surface area (Å²) in [4.78, 5) is 4.25. The molecule has 0 N–H and O–H groups in total. The highest BCUT2D eigenvalue weighted by Gasteiger charge is 1.99. The summed E-state index contributed by atoms with van der Waals surface area (Å²) >= 11 is 3.45. The van der Waals surface area contributed by atoms with Gasteiger partial charge in [0.15, 0.2) is 0 Å². The van der Waals surface area contributed by atoms with Crippen LogP contribution in [0.25, 0.3) is 10.8 Å². The Labute approximate surface area is 109 Å².